The largest absolute Gasteiger partial charge is 0.508 e. The number of hydrogen-bond acceptors (Lipinski definition) is 4. The molecular formula is C17H18N2O3S. The van der Waals surface area contributed by atoms with Crippen molar-refractivity contribution in [1.29, 1.82) is 0 Å². The summed E-state index contributed by atoms with van der Waals surface area (Å²) in [6.07, 6.45) is 0. The highest BCUT2D eigenvalue weighted by molar-refractivity contribution is 8.00. The van der Waals surface area contributed by atoms with Gasteiger partial charge in [-0.15, -0.1) is 11.8 Å². The Balaban J connectivity index is 1.70. The monoisotopic (exact) mass is 330 g/mol. The van der Waals surface area contributed by atoms with Crippen molar-refractivity contribution in [3.63, 3.8) is 0 Å². The molecule has 0 aliphatic rings. The zero-order valence-corrected chi connectivity index (χ0v) is 13.5. The summed E-state index contributed by atoms with van der Waals surface area (Å²) in [6.45, 7) is 1.98. The summed E-state index contributed by atoms with van der Waals surface area (Å²) in [6, 6.07) is 13.8. The van der Waals surface area contributed by atoms with Gasteiger partial charge in [-0.25, -0.2) is 0 Å². The van der Waals surface area contributed by atoms with Crippen molar-refractivity contribution in [1.82, 2.24) is 0 Å². The molecule has 0 aliphatic carbocycles. The van der Waals surface area contributed by atoms with E-state index in [0.29, 0.717) is 5.69 Å². The van der Waals surface area contributed by atoms with E-state index >= 15 is 0 Å². The lowest BCUT2D eigenvalue weighted by Crippen LogP contribution is -2.18. The van der Waals surface area contributed by atoms with Crippen LogP contribution in [0, 0.1) is 6.92 Å². The van der Waals surface area contributed by atoms with Gasteiger partial charge in [0.15, 0.2) is 0 Å². The molecule has 0 fully saturated rings. The van der Waals surface area contributed by atoms with Crippen molar-refractivity contribution < 1.29 is 14.7 Å². The topological polar surface area (TPSA) is 78.4 Å². The molecule has 0 radical (unpaired) electrons. The summed E-state index contributed by atoms with van der Waals surface area (Å²) in [4.78, 5) is 23.5. The SMILES string of the molecule is Cc1ccc(NC(=O)CSCC(=O)Nc2cccc(O)c2)cc1. The summed E-state index contributed by atoms with van der Waals surface area (Å²) in [7, 11) is 0. The molecule has 0 saturated heterocycles. The Labute approximate surface area is 139 Å². The zero-order valence-electron chi connectivity index (χ0n) is 12.7. The van der Waals surface area contributed by atoms with Gasteiger partial charge in [0.2, 0.25) is 11.8 Å². The Bertz CT molecular complexity index is 686. The number of rotatable bonds is 6. The van der Waals surface area contributed by atoms with Crippen molar-refractivity contribution in [3.05, 3.63) is 54.1 Å². The van der Waals surface area contributed by atoms with Gasteiger partial charge >= 0.3 is 0 Å². The Morgan fingerprint density at radius 3 is 2.17 bits per heavy atom. The number of nitrogens with one attached hydrogen (secondary N) is 2. The lowest BCUT2D eigenvalue weighted by atomic mass is 10.2. The quantitative estimate of drug-likeness (QED) is 0.761. The minimum atomic E-state index is -0.219. The normalized spacial score (nSPS) is 10.1. The molecule has 5 nitrogen and oxygen atoms in total. The van der Waals surface area contributed by atoms with E-state index in [9.17, 15) is 14.7 Å². The number of anilines is 2. The first-order valence-corrected chi connectivity index (χ1v) is 8.21. The number of hydrogen-bond donors (Lipinski definition) is 3. The first-order chi connectivity index (χ1) is 11.0. The summed E-state index contributed by atoms with van der Waals surface area (Å²) in [5, 5.41) is 14.8. The van der Waals surface area contributed by atoms with E-state index in [4.69, 9.17) is 0 Å². The van der Waals surface area contributed by atoms with Crippen LogP contribution in [0.15, 0.2) is 48.5 Å². The van der Waals surface area contributed by atoms with Crippen LogP contribution < -0.4 is 10.6 Å². The fraction of sp³-hybridized carbons (Fsp3) is 0.176. The van der Waals surface area contributed by atoms with Gasteiger partial charge < -0.3 is 15.7 Å². The molecule has 2 amide bonds. The van der Waals surface area contributed by atoms with E-state index in [2.05, 4.69) is 10.6 Å². The smallest absolute Gasteiger partial charge is 0.234 e. The third-order valence-electron chi connectivity index (χ3n) is 2.93. The average Bonchev–Trinajstić information content (AvgIpc) is 2.49. The van der Waals surface area contributed by atoms with Gasteiger partial charge in [0.05, 0.1) is 11.5 Å². The first kappa shape index (κ1) is 16.9. The third kappa shape index (κ3) is 6.04. The number of phenols is 1. The molecule has 2 rings (SSSR count). The summed E-state index contributed by atoms with van der Waals surface area (Å²) in [5.74, 6) is 0.0823. The molecule has 3 N–H and O–H groups in total. The van der Waals surface area contributed by atoms with Gasteiger partial charge in [0, 0.05) is 17.4 Å². The van der Waals surface area contributed by atoms with Crippen molar-refractivity contribution in [2.75, 3.05) is 22.1 Å². The summed E-state index contributed by atoms with van der Waals surface area (Å²) in [5.41, 5.74) is 2.39. The predicted octanol–water partition coefficient (Wildman–Crippen LogP) is 3.01. The Morgan fingerprint density at radius 2 is 1.57 bits per heavy atom. The number of carbonyl (C=O) groups is 2. The molecule has 0 aromatic heterocycles. The Hall–Kier alpha value is -2.47. The zero-order chi connectivity index (χ0) is 16.7. The second-order valence-corrected chi connectivity index (χ2v) is 5.99. The van der Waals surface area contributed by atoms with E-state index in [1.165, 1.54) is 23.9 Å². The Morgan fingerprint density at radius 1 is 0.957 bits per heavy atom. The van der Waals surface area contributed by atoms with E-state index in [1.807, 2.05) is 31.2 Å². The number of phenolic OH excluding ortho intramolecular Hbond substituents is 1. The maximum Gasteiger partial charge on any atom is 0.234 e. The number of amides is 2. The number of carbonyl (C=O) groups excluding carboxylic acids is 2. The maximum atomic E-state index is 11.8. The minimum absolute atomic E-state index is 0.0907. The van der Waals surface area contributed by atoms with E-state index < -0.39 is 0 Å². The second kappa shape index (κ2) is 8.24. The number of thioether (sulfide) groups is 1. The van der Waals surface area contributed by atoms with Crippen molar-refractivity contribution in [2.45, 2.75) is 6.92 Å². The third-order valence-corrected chi connectivity index (χ3v) is 3.86. The average molecular weight is 330 g/mol. The summed E-state index contributed by atoms with van der Waals surface area (Å²) < 4.78 is 0. The van der Waals surface area contributed by atoms with Crippen LogP contribution in [-0.2, 0) is 9.59 Å². The molecule has 6 heteroatoms. The summed E-state index contributed by atoms with van der Waals surface area (Å²) >= 11 is 1.23. The van der Waals surface area contributed by atoms with Crippen LogP contribution in [0.3, 0.4) is 0 Å². The highest BCUT2D eigenvalue weighted by Gasteiger charge is 2.07. The van der Waals surface area contributed by atoms with Crippen molar-refractivity contribution in [2.24, 2.45) is 0 Å². The van der Waals surface area contributed by atoms with Gasteiger partial charge in [0.25, 0.3) is 0 Å². The van der Waals surface area contributed by atoms with E-state index in [-0.39, 0.29) is 29.1 Å². The van der Waals surface area contributed by atoms with E-state index in [1.54, 1.807) is 12.1 Å². The molecule has 2 aromatic carbocycles. The van der Waals surface area contributed by atoms with Gasteiger partial charge in [-0.2, -0.15) is 0 Å². The number of aromatic hydroxyl groups is 1. The van der Waals surface area contributed by atoms with Crippen LogP contribution in [0.4, 0.5) is 11.4 Å². The lowest BCUT2D eigenvalue weighted by molar-refractivity contribution is -0.114. The highest BCUT2D eigenvalue weighted by Crippen LogP contribution is 2.16. The molecule has 23 heavy (non-hydrogen) atoms. The van der Waals surface area contributed by atoms with Crippen LogP contribution in [0.25, 0.3) is 0 Å². The van der Waals surface area contributed by atoms with Crippen molar-refractivity contribution >= 4 is 35.0 Å². The molecule has 0 aliphatic heterocycles. The maximum absolute atomic E-state index is 11.8. The predicted molar refractivity (Wildman–Crippen MR) is 93.9 cm³/mol. The molecule has 0 spiro atoms. The second-order valence-electron chi connectivity index (χ2n) is 5.01. The van der Waals surface area contributed by atoms with Gasteiger partial charge in [-0.05, 0) is 31.2 Å². The first-order valence-electron chi connectivity index (χ1n) is 7.06. The molecule has 0 saturated carbocycles. The Kier molecular flexibility index (Phi) is 6.05. The molecule has 0 heterocycles. The minimum Gasteiger partial charge on any atom is -0.508 e. The van der Waals surface area contributed by atoms with Gasteiger partial charge in [-0.3, -0.25) is 9.59 Å². The molecule has 0 bridgehead atoms. The van der Waals surface area contributed by atoms with Gasteiger partial charge in [0.1, 0.15) is 5.75 Å². The molecule has 2 aromatic rings. The van der Waals surface area contributed by atoms with Crippen LogP contribution in [-0.4, -0.2) is 28.4 Å². The fourth-order valence-electron chi connectivity index (χ4n) is 1.85. The molecule has 0 unspecified atom stereocenters. The molecule has 0 atom stereocenters. The highest BCUT2D eigenvalue weighted by atomic mass is 32.2. The standard InChI is InChI=1S/C17H18N2O3S/c1-12-5-7-13(8-6-12)18-16(21)10-23-11-17(22)19-14-3-2-4-15(20)9-14/h2-9,20H,10-11H2,1H3,(H,18,21)(H,19,22). The molecule has 120 valence electrons. The van der Waals surface area contributed by atoms with Crippen molar-refractivity contribution in [3.8, 4) is 5.75 Å². The molecular weight excluding hydrogens is 312 g/mol. The fourth-order valence-corrected chi connectivity index (χ4v) is 2.47. The van der Waals surface area contributed by atoms with Crippen LogP contribution in [0.5, 0.6) is 5.75 Å². The van der Waals surface area contributed by atoms with Crippen LogP contribution in [0.2, 0.25) is 0 Å². The van der Waals surface area contributed by atoms with Gasteiger partial charge in [-0.1, -0.05) is 23.8 Å². The number of benzene rings is 2. The van der Waals surface area contributed by atoms with Crippen LogP contribution in [0.1, 0.15) is 5.56 Å². The van der Waals surface area contributed by atoms with Crippen LogP contribution >= 0.6 is 11.8 Å². The number of aryl methyl sites for hydroxylation is 1. The van der Waals surface area contributed by atoms with E-state index in [0.717, 1.165) is 11.3 Å². The lowest BCUT2D eigenvalue weighted by Gasteiger charge is -2.07.